The molecule has 3 rings (SSSR count). The quantitative estimate of drug-likeness (QED) is 0.859. The van der Waals surface area contributed by atoms with Gasteiger partial charge < -0.3 is 10.2 Å². The predicted octanol–water partition coefficient (Wildman–Crippen LogP) is 4.00. The van der Waals surface area contributed by atoms with E-state index >= 15 is 0 Å². The monoisotopic (exact) mass is 304 g/mol. The zero-order valence-electron chi connectivity index (χ0n) is 13.5. The molecule has 0 unspecified atom stereocenters. The molecule has 1 heterocycles. The predicted molar refractivity (Wildman–Crippen MR) is 97.5 cm³/mol. The van der Waals surface area contributed by atoms with Gasteiger partial charge in [-0.3, -0.25) is 0 Å². The number of anilines is 1. The van der Waals surface area contributed by atoms with Gasteiger partial charge in [-0.15, -0.1) is 0 Å². The van der Waals surface area contributed by atoms with E-state index in [4.69, 9.17) is 0 Å². The second kappa shape index (κ2) is 8.41. The fourth-order valence-electron chi connectivity index (χ4n) is 2.97. The van der Waals surface area contributed by atoms with Crippen molar-refractivity contribution in [2.75, 3.05) is 25.0 Å². The molecule has 0 aromatic heterocycles. The Morgan fingerprint density at radius 3 is 2.26 bits per heavy atom. The van der Waals surface area contributed by atoms with Gasteiger partial charge in [-0.1, -0.05) is 48.2 Å². The van der Waals surface area contributed by atoms with Crippen molar-refractivity contribution in [3.05, 3.63) is 66.2 Å². The van der Waals surface area contributed by atoms with Crippen LogP contribution in [0, 0.1) is 11.8 Å². The van der Waals surface area contributed by atoms with Crippen LogP contribution >= 0.6 is 0 Å². The first-order valence-electron chi connectivity index (χ1n) is 8.48. The fourth-order valence-corrected chi connectivity index (χ4v) is 2.97. The highest BCUT2D eigenvalue weighted by Crippen LogP contribution is 2.16. The number of hydrogen-bond acceptors (Lipinski definition) is 2. The third kappa shape index (κ3) is 5.16. The van der Waals surface area contributed by atoms with Crippen molar-refractivity contribution in [3.63, 3.8) is 0 Å². The number of benzene rings is 2. The van der Waals surface area contributed by atoms with Crippen molar-refractivity contribution in [3.8, 4) is 11.8 Å². The highest BCUT2D eigenvalue weighted by molar-refractivity contribution is 5.43. The lowest BCUT2D eigenvalue weighted by molar-refractivity contribution is 0.224. The van der Waals surface area contributed by atoms with E-state index in [1.165, 1.54) is 18.5 Å². The Kier molecular flexibility index (Phi) is 5.72. The molecule has 1 aliphatic heterocycles. The molecule has 1 saturated heterocycles. The van der Waals surface area contributed by atoms with Gasteiger partial charge in [-0.05, 0) is 37.1 Å². The Balaban J connectivity index is 1.37. The molecule has 0 spiro atoms. The van der Waals surface area contributed by atoms with Crippen LogP contribution in [0.3, 0.4) is 0 Å². The summed E-state index contributed by atoms with van der Waals surface area (Å²) in [6.45, 7) is 3.41. The maximum atomic E-state index is 3.64. The Labute approximate surface area is 139 Å². The molecule has 2 aromatic carbocycles. The van der Waals surface area contributed by atoms with Gasteiger partial charge in [0, 0.05) is 43.3 Å². The van der Waals surface area contributed by atoms with Crippen molar-refractivity contribution >= 4 is 5.69 Å². The molecule has 2 aromatic rings. The van der Waals surface area contributed by atoms with Crippen molar-refractivity contribution < 1.29 is 0 Å². The minimum absolute atomic E-state index is 0.601. The van der Waals surface area contributed by atoms with E-state index in [9.17, 15) is 0 Å². The minimum Gasteiger partial charge on any atom is -0.382 e. The normalized spacial score (nSPS) is 15.7. The first-order valence-corrected chi connectivity index (χ1v) is 8.48. The van der Waals surface area contributed by atoms with Crippen molar-refractivity contribution in [1.29, 1.82) is 0 Å². The average molecular weight is 304 g/mol. The largest absolute Gasteiger partial charge is 0.382 e. The number of nitrogens with zero attached hydrogens (tertiary/aromatic N) is 1. The smallest absolute Gasteiger partial charge is 0.0342 e. The van der Waals surface area contributed by atoms with E-state index in [1.807, 2.05) is 18.2 Å². The summed E-state index contributed by atoms with van der Waals surface area (Å²) < 4.78 is 0. The summed E-state index contributed by atoms with van der Waals surface area (Å²) in [4.78, 5) is 2.53. The molecule has 1 fully saturated rings. The average Bonchev–Trinajstić information content (AvgIpc) is 2.62. The molecular weight excluding hydrogens is 280 g/mol. The topological polar surface area (TPSA) is 15.3 Å². The molecule has 0 aliphatic carbocycles. The van der Waals surface area contributed by atoms with E-state index in [0.29, 0.717) is 6.04 Å². The highest BCUT2D eigenvalue weighted by Gasteiger charge is 2.18. The van der Waals surface area contributed by atoms with E-state index in [0.717, 1.165) is 31.6 Å². The molecule has 1 aliphatic rings. The van der Waals surface area contributed by atoms with Crippen molar-refractivity contribution in [2.45, 2.75) is 25.3 Å². The second-order valence-electron chi connectivity index (χ2n) is 6.04. The number of hydrogen-bond donors (Lipinski definition) is 1. The summed E-state index contributed by atoms with van der Waals surface area (Å²) in [6, 6.07) is 21.3. The lowest BCUT2D eigenvalue weighted by Crippen LogP contribution is -2.39. The zero-order chi connectivity index (χ0) is 15.7. The van der Waals surface area contributed by atoms with Gasteiger partial charge in [0.05, 0.1) is 0 Å². The van der Waals surface area contributed by atoms with Crippen LogP contribution in [0.4, 0.5) is 5.69 Å². The van der Waals surface area contributed by atoms with Gasteiger partial charge >= 0.3 is 0 Å². The van der Waals surface area contributed by atoms with Crippen LogP contribution in [0.1, 0.15) is 24.8 Å². The summed E-state index contributed by atoms with van der Waals surface area (Å²) in [6.07, 6.45) is 3.37. The summed E-state index contributed by atoms with van der Waals surface area (Å²) in [7, 11) is 0. The van der Waals surface area contributed by atoms with Gasteiger partial charge in [-0.2, -0.15) is 0 Å². The SMILES string of the molecule is C(#Cc1ccccc1)CCN1CCC(Nc2ccccc2)CC1. The molecule has 1 N–H and O–H groups in total. The third-order valence-electron chi connectivity index (χ3n) is 4.29. The third-order valence-corrected chi connectivity index (χ3v) is 4.29. The van der Waals surface area contributed by atoms with E-state index < -0.39 is 0 Å². The van der Waals surface area contributed by atoms with Crippen LogP contribution < -0.4 is 5.32 Å². The lowest BCUT2D eigenvalue weighted by Gasteiger charge is -2.32. The Bertz CT molecular complexity index is 632. The number of piperidine rings is 1. The molecule has 0 atom stereocenters. The number of rotatable bonds is 4. The molecule has 2 heteroatoms. The molecule has 118 valence electrons. The Hall–Kier alpha value is -2.24. The first-order chi connectivity index (χ1) is 11.4. The van der Waals surface area contributed by atoms with Crippen LogP contribution in [-0.4, -0.2) is 30.6 Å². The Morgan fingerprint density at radius 1 is 0.913 bits per heavy atom. The van der Waals surface area contributed by atoms with Gasteiger partial charge in [0.2, 0.25) is 0 Å². The molecule has 0 bridgehead atoms. The molecule has 0 saturated carbocycles. The van der Waals surface area contributed by atoms with Gasteiger partial charge in [-0.25, -0.2) is 0 Å². The highest BCUT2D eigenvalue weighted by atomic mass is 15.1. The molecule has 0 radical (unpaired) electrons. The first kappa shape index (κ1) is 15.6. The van der Waals surface area contributed by atoms with Gasteiger partial charge in [0.25, 0.3) is 0 Å². The summed E-state index contributed by atoms with van der Waals surface area (Å²) in [5.74, 6) is 6.53. The van der Waals surface area contributed by atoms with E-state index in [2.05, 4.69) is 64.5 Å². The lowest BCUT2D eigenvalue weighted by atomic mass is 10.0. The van der Waals surface area contributed by atoms with Gasteiger partial charge in [0.1, 0.15) is 0 Å². The van der Waals surface area contributed by atoms with E-state index in [1.54, 1.807) is 0 Å². The van der Waals surface area contributed by atoms with Crippen LogP contribution in [0.25, 0.3) is 0 Å². The van der Waals surface area contributed by atoms with Crippen LogP contribution in [-0.2, 0) is 0 Å². The zero-order valence-corrected chi connectivity index (χ0v) is 13.5. The number of para-hydroxylation sites is 1. The number of nitrogens with one attached hydrogen (secondary N) is 1. The van der Waals surface area contributed by atoms with Crippen molar-refractivity contribution in [1.82, 2.24) is 4.90 Å². The summed E-state index contributed by atoms with van der Waals surface area (Å²) >= 11 is 0. The molecule has 2 nitrogen and oxygen atoms in total. The molecular formula is C21H24N2. The van der Waals surface area contributed by atoms with Gasteiger partial charge in [0.15, 0.2) is 0 Å². The van der Waals surface area contributed by atoms with Crippen LogP contribution in [0.5, 0.6) is 0 Å². The summed E-state index contributed by atoms with van der Waals surface area (Å²) in [5.41, 5.74) is 2.35. The maximum absolute atomic E-state index is 3.64. The van der Waals surface area contributed by atoms with Crippen molar-refractivity contribution in [2.24, 2.45) is 0 Å². The standard InChI is InChI=1S/C21H24N2/c1-3-9-19(10-4-1)11-7-8-16-23-17-14-21(15-18-23)22-20-12-5-2-6-13-20/h1-6,9-10,12-13,21-22H,8,14-18H2. The van der Waals surface area contributed by atoms with Crippen LogP contribution in [0.15, 0.2) is 60.7 Å². The molecule has 23 heavy (non-hydrogen) atoms. The fraction of sp³-hybridized carbons (Fsp3) is 0.333. The second-order valence-corrected chi connectivity index (χ2v) is 6.04. The summed E-state index contributed by atoms with van der Waals surface area (Å²) in [5, 5.41) is 3.64. The molecule has 0 amide bonds. The number of likely N-dealkylation sites (tertiary alicyclic amines) is 1. The Morgan fingerprint density at radius 2 is 1.57 bits per heavy atom. The minimum atomic E-state index is 0.601. The van der Waals surface area contributed by atoms with Crippen LogP contribution in [0.2, 0.25) is 0 Å². The maximum Gasteiger partial charge on any atom is 0.0342 e. The van der Waals surface area contributed by atoms with E-state index in [-0.39, 0.29) is 0 Å².